The van der Waals surface area contributed by atoms with Crippen LogP contribution in [-0.2, 0) is 4.79 Å². The van der Waals surface area contributed by atoms with E-state index in [0.717, 1.165) is 12.1 Å². The van der Waals surface area contributed by atoms with Gasteiger partial charge in [-0.15, -0.1) is 0 Å². The van der Waals surface area contributed by atoms with Gasteiger partial charge in [0.25, 0.3) is 0 Å². The van der Waals surface area contributed by atoms with Crippen LogP contribution < -0.4 is 0 Å². The Morgan fingerprint density at radius 1 is 1.17 bits per heavy atom. The number of benzene rings is 1. The molecule has 0 heterocycles. The molecule has 0 bridgehead atoms. The Hall–Kier alpha value is -0.910. The molecular weight excluding hydrogens is 315 g/mol. The Morgan fingerprint density at radius 3 is 1.94 bits per heavy atom. The molecule has 1 rings (SSSR count). The fourth-order valence-corrected chi connectivity index (χ4v) is 1.76. The molecule has 0 aromatic heterocycles. The summed E-state index contributed by atoms with van der Waals surface area (Å²) in [4.78, 5) is 10.4. The minimum absolute atomic E-state index is 0.0376. The molecule has 0 saturated carbocycles. The molecule has 0 aliphatic carbocycles. The van der Waals surface area contributed by atoms with E-state index in [1.807, 2.05) is 0 Å². The number of allylic oxidation sites excluding steroid dienone is 1. The number of carboxylic acid groups (broad SMARTS) is 1. The number of hydrogen-bond donors (Lipinski definition) is 1. The number of carbonyl (C=O) groups is 1. The maximum Gasteiger partial charge on any atom is 0.417 e. The third kappa shape index (κ3) is 3.54. The molecule has 0 atom stereocenters. The summed E-state index contributed by atoms with van der Waals surface area (Å²) in [5.74, 6) is -1.73. The topological polar surface area (TPSA) is 37.3 Å². The van der Waals surface area contributed by atoms with Gasteiger partial charge in [0.15, 0.2) is 0 Å². The lowest BCUT2D eigenvalue weighted by Gasteiger charge is -2.12. The molecule has 8 heteroatoms. The van der Waals surface area contributed by atoms with Crippen LogP contribution in [0, 0.1) is 0 Å². The summed E-state index contributed by atoms with van der Waals surface area (Å²) in [6, 6.07) is 1.80. The fraction of sp³-hybridized carbons (Fsp3) is 0.100. The molecule has 0 amide bonds. The SMILES string of the molecule is O=C(O)/C=C(\c1cc(Cl)c(Cl)c(Cl)c1)C(F)(F)F. The number of alkyl halides is 3. The zero-order chi connectivity index (χ0) is 14.1. The van der Waals surface area contributed by atoms with Gasteiger partial charge in [-0.2, -0.15) is 13.2 Å². The van der Waals surface area contributed by atoms with Crippen molar-refractivity contribution in [2.75, 3.05) is 0 Å². The molecule has 0 aliphatic rings. The monoisotopic (exact) mass is 318 g/mol. The first kappa shape index (κ1) is 15.1. The van der Waals surface area contributed by atoms with E-state index in [2.05, 4.69) is 0 Å². The van der Waals surface area contributed by atoms with E-state index < -0.39 is 23.3 Å². The van der Waals surface area contributed by atoms with Crippen molar-refractivity contribution < 1.29 is 23.1 Å². The van der Waals surface area contributed by atoms with Crippen LogP contribution in [-0.4, -0.2) is 17.3 Å². The molecule has 0 aliphatic heterocycles. The van der Waals surface area contributed by atoms with Gasteiger partial charge in [-0.05, 0) is 17.7 Å². The van der Waals surface area contributed by atoms with Crippen molar-refractivity contribution in [2.24, 2.45) is 0 Å². The van der Waals surface area contributed by atoms with Crippen molar-refractivity contribution in [3.05, 3.63) is 38.8 Å². The summed E-state index contributed by atoms with van der Waals surface area (Å²) in [6.45, 7) is 0. The molecular formula is C10H4Cl3F3O2. The summed E-state index contributed by atoms with van der Waals surface area (Å²) in [7, 11) is 0. The number of aliphatic carboxylic acids is 1. The molecule has 98 valence electrons. The van der Waals surface area contributed by atoms with E-state index in [1.54, 1.807) is 0 Å². The highest BCUT2D eigenvalue weighted by Gasteiger charge is 2.36. The molecule has 0 radical (unpaired) electrons. The molecule has 0 spiro atoms. The van der Waals surface area contributed by atoms with Gasteiger partial charge < -0.3 is 5.11 Å². The molecule has 18 heavy (non-hydrogen) atoms. The third-order valence-electron chi connectivity index (χ3n) is 1.87. The van der Waals surface area contributed by atoms with Gasteiger partial charge in [-0.3, -0.25) is 0 Å². The Bertz CT molecular complexity index is 501. The maximum absolute atomic E-state index is 12.7. The number of rotatable bonds is 2. The van der Waals surface area contributed by atoms with Gasteiger partial charge >= 0.3 is 12.1 Å². The Balaban J connectivity index is 3.45. The smallest absolute Gasteiger partial charge is 0.417 e. The van der Waals surface area contributed by atoms with Crippen LogP contribution in [0.5, 0.6) is 0 Å². The van der Waals surface area contributed by atoms with Gasteiger partial charge in [0.05, 0.1) is 20.6 Å². The first-order chi connectivity index (χ1) is 8.12. The van der Waals surface area contributed by atoms with Gasteiger partial charge in [0.2, 0.25) is 0 Å². The van der Waals surface area contributed by atoms with Crippen molar-refractivity contribution in [3.63, 3.8) is 0 Å². The number of halogens is 6. The minimum atomic E-state index is -4.85. The van der Waals surface area contributed by atoms with Crippen molar-refractivity contribution >= 4 is 46.3 Å². The molecule has 0 fully saturated rings. The zero-order valence-electron chi connectivity index (χ0n) is 8.36. The average molecular weight is 319 g/mol. The first-order valence-electron chi connectivity index (χ1n) is 4.29. The highest BCUT2D eigenvalue weighted by Crippen LogP contribution is 2.39. The lowest BCUT2D eigenvalue weighted by atomic mass is 10.1. The molecule has 1 aromatic carbocycles. The van der Waals surface area contributed by atoms with Crippen molar-refractivity contribution in [3.8, 4) is 0 Å². The lowest BCUT2D eigenvalue weighted by molar-refractivity contribution is -0.131. The fourth-order valence-electron chi connectivity index (χ4n) is 1.16. The number of hydrogen-bond acceptors (Lipinski definition) is 1. The normalized spacial score (nSPS) is 12.7. The predicted octanol–water partition coefficient (Wildman–Crippen LogP) is 4.68. The molecule has 1 N–H and O–H groups in total. The second-order valence-electron chi connectivity index (χ2n) is 3.15. The maximum atomic E-state index is 12.7. The summed E-state index contributed by atoms with van der Waals surface area (Å²) in [6.07, 6.45) is -4.81. The van der Waals surface area contributed by atoms with Crippen LogP contribution in [0.4, 0.5) is 13.2 Å². The standard InChI is InChI=1S/C10H4Cl3F3O2/c11-6-1-4(2-7(12)9(6)13)5(3-8(17)18)10(14,15)16/h1-3H,(H,17,18)/b5-3+. The van der Waals surface area contributed by atoms with Crippen molar-refractivity contribution in [2.45, 2.75) is 6.18 Å². The van der Waals surface area contributed by atoms with Gasteiger partial charge in [-0.1, -0.05) is 34.8 Å². The van der Waals surface area contributed by atoms with Crippen molar-refractivity contribution in [1.82, 2.24) is 0 Å². The van der Waals surface area contributed by atoms with E-state index in [0.29, 0.717) is 0 Å². The van der Waals surface area contributed by atoms with Gasteiger partial charge in [0.1, 0.15) is 0 Å². The number of carboxylic acids is 1. The minimum Gasteiger partial charge on any atom is -0.478 e. The predicted molar refractivity (Wildman–Crippen MR) is 63.1 cm³/mol. The van der Waals surface area contributed by atoms with Crippen LogP contribution in [0.2, 0.25) is 15.1 Å². The summed E-state index contributed by atoms with van der Waals surface area (Å²) in [5, 5.41) is 7.95. The van der Waals surface area contributed by atoms with E-state index in [1.165, 1.54) is 0 Å². The Morgan fingerprint density at radius 2 is 1.61 bits per heavy atom. The molecule has 0 saturated heterocycles. The second-order valence-corrected chi connectivity index (χ2v) is 4.34. The Kier molecular flexibility index (Phi) is 4.53. The van der Waals surface area contributed by atoms with Crippen LogP contribution >= 0.6 is 34.8 Å². The van der Waals surface area contributed by atoms with Crippen molar-refractivity contribution in [1.29, 1.82) is 0 Å². The third-order valence-corrected chi connectivity index (χ3v) is 3.06. The van der Waals surface area contributed by atoms with E-state index >= 15 is 0 Å². The van der Waals surface area contributed by atoms with E-state index in [4.69, 9.17) is 39.9 Å². The Labute approximate surface area is 115 Å². The van der Waals surface area contributed by atoms with E-state index in [9.17, 15) is 18.0 Å². The van der Waals surface area contributed by atoms with Gasteiger partial charge in [0, 0.05) is 6.08 Å². The summed E-state index contributed by atoms with van der Waals surface area (Å²) >= 11 is 16.8. The zero-order valence-corrected chi connectivity index (χ0v) is 10.6. The summed E-state index contributed by atoms with van der Waals surface area (Å²) < 4.78 is 38.0. The lowest BCUT2D eigenvalue weighted by Crippen LogP contribution is -2.12. The van der Waals surface area contributed by atoms with E-state index in [-0.39, 0.29) is 21.1 Å². The van der Waals surface area contributed by atoms with Crippen LogP contribution in [0.15, 0.2) is 18.2 Å². The van der Waals surface area contributed by atoms with Gasteiger partial charge in [-0.25, -0.2) is 4.79 Å². The molecule has 2 nitrogen and oxygen atoms in total. The highest BCUT2D eigenvalue weighted by atomic mass is 35.5. The quantitative estimate of drug-likeness (QED) is 0.635. The first-order valence-corrected chi connectivity index (χ1v) is 5.43. The van der Waals surface area contributed by atoms with Crippen LogP contribution in [0.3, 0.4) is 0 Å². The average Bonchev–Trinajstić information content (AvgIpc) is 2.20. The highest BCUT2D eigenvalue weighted by molar-refractivity contribution is 6.48. The molecule has 1 aromatic rings. The largest absolute Gasteiger partial charge is 0.478 e. The second kappa shape index (κ2) is 5.38. The molecule has 0 unspecified atom stereocenters. The van der Waals surface area contributed by atoms with Crippen LogP contribution in [0.1, 0.15) is 5.56 Å². The summed E-state index contributed by atoms with van der Waals surface area (Å²) in [5.41, 5.74) is -1.83. The van der Waals surface area contributed by atoms with Crippen LogP contribution in [0.25, 0.3) is 5.57 Å².